The van der Waals surface area contributed by atoms with Gasteiger partial charge in [-0.3, -0.25) is 4.79 Å². The van der Waals surface area contributed by atoms with Gasteiger partial charge in [0.1, 0.15) is 5.75 Å². The SMILES string of the molecule is O=C(COc1ccc(S(=O)(=O)NCc2ccccc2)cc1Cl)Nc1ccc(I)cc1. The summed E-state index contributed by atoms with van der Waals surface area (Å²) in [5, 5.41) is 2.81. The second-order valence-corrected chi connectivity index (χ2v) is 9.67. The van der Waals surface area contributed by atoms with Crippen molar-refractivity contribution >= 4 is 55.8 Å². The predicted molar refractivity (Wildman–Crippen MR) is 125 cm³/mol. The van der Waals surface area contributed by atoms with Gasteiger partial charge in [-0.05, 0) is 70.6 Å². The van der Waals surface area contributed by atoms with E-state index >= 15 is 0 Å². The Bertz CT molecular complexity index is 1120. The minimum atomic E-state index is -3.74. The van der Waals surface area contributed by atoms with Gasteiger partial charge in [-0.25, -0.2) is 13.1 Å². The number of ether oxygens (including phenoxy) is 1. The third kappa shape index (κ3) is 6.43. The molecule has 3 aromatic carbocycles. The Hall–Kier alpha value is -2.14. The molecule has 0 unspecified atom stereocenters. The highest BCUT2D eigenvalue weighted by Gasteiger charge is 2.16. The lowest BCUT2D eigenvalue weighted by atomic mass is 10.2. The average Bonchev–Trinajstić information content (AvgIpc) is 2.74. The number of halogens is 2. The van der Waals surface area contributed by atoms with Crippen LogP contribution in [-0.4, -0.2) is 20.9 Å². The van der Waals surface area contributed by atoms with E-state index < -0.39 is 10.0 Å². The third-order valence-corrected chi connectivity index (χ3v) is 6.42. The van der Waals surface area contributed by atoms with Crippen molar-refractivity contribution in [2.24, 2.45) is 0 Å². The number of sulfonamides is 1. The molecule has 0 radical (unpaired) electrons. The summed E-state index contributed by atoms with van der Waals surface area (Å²) in [6.45, 7) is -0.0954. The Balaban J connectivity index is 1.58. The normalized spacial score (nSPS) is 11.1. The van der Waals surface area contributed by atoms with Gasteiger partial charge in [0.2, 0.25) is 10.0 Å². The molecule has 3 rings (SSSR count). The fourth-order valence-electron chi connectivity index (χ4n) is 2.50. The third-order valence-electron chi connectivity index (χ3n) is 4.01. The van der Waals surface area contributed by atoms with Crippen LogP contribution in [0.3, 0.4) is 0 Å². The first-order chi connectivity index (χ1) is 14.3. The highest BCUT2D eigenvalue weighted by atomic mass is 127. The topological polar surface area (TPSA) is 84.5 Å². The minimum Gasteiger partial charge on any atom is -0.482 e. The molecular weight excluding hydrogens is 539 g/mol. The van der Waals surface area contributed by atoms with E-state index in [0.717, 1.165) is 9.13 Å². The number of hydrogen-bond acceptors (Lipinski definition) is 4. The molecule has 9 heteroatoms. The molecule has 0 aliphatic carbocycles. The second-order valence-electron chi connectivity index (χ2n) is 6.25. The standard InChI is InChI=1S/C21H18ClIN2O4S/c22-19-12-18(30(27,28)24-13-15-4-2-1-3-5-15)10-11-20(19)29-14-21(26)25-17-8-6-16(23)7-9-17/h1-12,24H,13-14H2,(H,25,26). The zero-order valence-electron chi connectivity index (χ0n) is 15.6. The molecule has 0 heterocycles. The Morgan fingerprint density at radius 3 is 2.37 bits per heavy atom. The van der Waals surface area contributed by atoms with Crippen LogP contribution in [0.4, 0.5) is 5.69 Å². The van der Waals surface area contributed by atoms with E-state index in [2.05, 4.69) is 32.6 Å². The van der Waals surface area contributed by atoms with Gasteiger partial charge in [-0.15, -0.1) is 0 Å². The highest BCUT2D eigenvalue weighted by Crippen LogP contribution is 2.27. The van der Waals surface area contributed by atoms with Gasteiger partial charge in [0.15, 0.2) is 6.61 Å². The fraction of sp³-hybridized carbons (Fsp3) is 0.0952. The van der Waals surface area contributed by atoms with E-state index in [1.54, 1.807) is 12.1 Å². The average molecular weight is 557 g/mol. The van der Waals surface area contributed by atoms with Crippen molar-refractivity contribution in [3.05, 3.63) is 87.0 Å². The maximum Gasteiger partial charge on any atom is 0.262 e. The van der Waals surface area contributed by atoms with E-state index in [0.29, 0.717) is 5.69 Å². The summed E-state index contributed by atoms with van der Waals surface area (Å²) in [6.07, 6.45) is 0. The molecule has 0 aliphatic rings. The van der Waals surface area contributed by atoms with Crippen molar-refractivity contribution in [1.82, 2.24) is 4.72 Å². The van der Waals surface area contributed by atoms with E-state index in [1.165, 1.54) is 18.2 Å². The van der Waals surface area contributed by atoms with Gasteiger partial charge in [-0.2, -0.15) is 0 Å². The van der Waals surface area contributed by atoms with Crippen LogP contribution >= 0.6 is 34.2 Å². The number of anilines is 1. The summed E-state index contributed by atoms with van der Waals surface area (Å²) in [7, 11) is -3.74. The van der Waals surface area contributed by atoms with Crippen LogP contribution in [0.1, 0.15) is 5.56 Å². The van der Waals surface area contributed by atoms with Gasteiger partial charge in [0, 0.05) is 15.8 Å². The minimum absolute atomic E-state index is 0.0131. The first kappa shape index (κ1) is 22.5. The molecule has 0 fully saturated rings. The summed E-state index contributed by atoms with van der Waals surface area (Å²) < 4.78 is 34.0. The van der Waals surface area contributed by atoms with Crippen molar-refractivity contribution < 1.29 is 17.9 Å². The summed E-state index contributed by atoms with van der Waals surface area (Å²) in [6, 6.07) is 20.6. The van der Waals surface area contributed by atoms with Gasteiger partial charge in [-0.1, -0.05) is 41.9 Å². The summed E-state index contributed by atoms with van der Waals surface area (Å²) >= 11 is 8.34. The van der Waals surface area contributed by atoms with Crippen molar-refractivity contribution in [3.8, 4) is 5.75 Å². The molecule has 0 saturated heterocycles. The number of carbonyl (C=O) groups is 1. The van der Waals surface area contributed by atoms with Crippen LogP contribution in [0.15, 0.2) is 77.7 Å². The maximum atomic E-state index is 12.5. The van der Waals surface area contributed by atoms with Crippen LogP contribution < -0.4 is 14.8 Å². The van der Waals surface area contributed by atoms with Crippen LogP contribution in [0.5, 0.6) is 5.75 Å². The largest absolute Gasteiger partial charge is 0.482 e. The van der Waals surface area contributed by atoms with E-state index in [1.807, 2.05) is 42.5 Å². The van der Waals surface area contributed by atoms with E-state index in [4.69, 9.17) is 16.3 Å². The molecule has 0 atom stereocenters. The molecule has 0 bridgehead atoms. The van der Waals surface area contributed by atoms with Crippen LogP contribution in [-0.2, 0) is 21.4 Å². The molecule has 2 N–H and O–H groups in total. The van der Waals surface area contributed by atoms with Crippen molar-refractivity contribution in [2.45, 2.75) is 11.4 Å². The molecule has 1 amide bonds. The van der Waals surface area contributed by atoms with Crippen LogP contribution in [0.25, 0.3) is 0 Å². The number of rotatable bonds is 8. The molecular formula is C21H18ClIN2O4S. The first-order valence-corrected chi connectivity index (χ1v) is 11.8. The first-order valence-electron chi connectivity index (χ1n) is 8.85. The monoisotopic (exact) mass is 556 g/mol. The molecule has 3 aromatic rings. The highest BCUT2D eigenvalue weighted by molar-refractivity contribution is 14.1. The lowest BCUT2D eigenvalue weighted by molar-refractivity contribution is -0.118. The van der Waals surface area contributed by atoms with Crippen molar-refractivity contribution in [2.75, 3.05) is 11.9 Å². The fourth-order valence-corrected chi connectivity index (χ4v) is 4.20. The number of carbonyl (C=O) groups excluding carboxylic acids is 1. The van der Waals surface area contributed by atoms with Crippen molar-refractivity contribution in [3.63, 3.8) is 0 Å². The number of nitrogens with one attached hydrogen (secondary N) is 2. The predicted octanol–water partition coefficient (Wildman–Crippen LogP) is 4.44. The Kier molecular flexibility index (Phi) is 7.70. The summed E-state index contributed by atoms with van der Waals surface area (Å²) in [4.78, 5) is 12.1. The van der Waals surface area contributed by atoms with E-state index in [9.17, 15) is 13.2 Å². The van der Waals surface area contributed by atoms with Crippen molar-refractivity contribution in [1.29, 1.82) is 0 Å². The zero-order valence-corrected chi connectivity index (χ0v) is 19.4. The zero-order chi connectivity index (χ0) is 21.6. The quantitative estimate of drug-likeness (QED) is 0.402. The summed E-state index contributed by atoms with van der Waals surface area (Å²) in [5.41, 5.74) is 1.49. The number of hydrogen-bond donors (Lipinski definition) is 2. The number of amides is 1. The molecule has 0 aromatic heterocycles. The lowest BCUT2D eigenvalue weighted by Gasteiger charge is -2.11. The Labute approximate surface area is 193 Å². The second kappa shape index (κ2) is 10.3. The van der Waals surface area contributed by atoms with Gasteiger partial charge >= 0.3 is 0 Å². The van der Waals surface area contributed by atoms with Gasteiger partial charge in [0.05, 0.1) is 9.92 Å². The smallest absolute Gasteiger partial charge is 0.262 e. The number of benzene rings is 3. The molecule has 0 saturated carbocycles. The molecule has 6 nitrogen and oxygen atoms in total. The maximum absolute atomic E-state index is 12.5. The van der Waals surface area contributed by atoms with E-state index in [-0.39, 0.29) is 34.7 Å². The summed E-state index contributed by atoms with van der Waals surface area (Å²) in [5.74, 6) is -0.134. The molecule has 0 aliphatic heterocycles. The Morgan fingerprint density at radius 1 is 1.00 bits per heavy atom. The van der Waals surface area contributed by atoms with Gasteiger partial charge < -0.3 is 10.1 Å². The van der Waals surface area contributed by atoms with Gasteiger partial charge in [0.25, 0.3) is 5.91 Å². The lowest BCUT2D eigenvalue weighted by Crippen LogP contribution is -2.23. The van der Waals surface area contributed by atoms with Crippen LogP contribution in [0, 0.1) is 3.57 Å². The molecule has 30 heavy (non-hydrogen) atoms. The molecule has 0 spiro atoms. The van der Waals surface area contributed by atoms with Crippen LogP contribution in [0.2, 0.25) is 5.02 Å². The Morgan fingerprint density at radius 2 is 1.70 bits per heavy atom. The molecule has 156 valence electrons.